The summed E-state index contributed by atoms with van der Waals surface area (Å²) < 4.78 is 11.6. The Morgan fingerprint density at radius 2 is 1.54 bits per heavy atom. The van der Waals surface area contributed by atoms with E-state index in [2.05, 4.69) is 18.7 Å². The van der Waals surface area contributed by atoms with Crippen LogP contribution >= 0.6 is 0 Å². The number of phenols is 1. The Morgan fingerprint density at radius 3 is 2.08 bits per heavy atom. The van der Waals surface area contributed by atoms with Crippen LogP contribution in [0.15, 0.2) is 42.5 Å². The van der Waals surface area contributed by atoms with Crippen molar-refractivity contribution in [3.8, 4) is 17.2 Å². The molecule has 0 spiro atoms. The van der Waals surface area contributed by atoms with Gasteiger partial charge in [-0.05, 0) is 49.1 Å². The highest BCUT2D eigenvalue weighted by molar-refractivity contribution is 5.92. The maximum absolute atomic E-state index is 12.9. The van der Waals surface area contributed by atoms with Crippen LogP contribution in [0.2, 0.25) is 0 Å². The van der Waals surface area contributed by atoms with E-state index in [-0.39, 0.29) is 11.7 Å². The molecule has 1 saturated heterocycles. The number of aliphatic hydroxyl groups excluding tert-OH is 1. The van der Waals surface area contributed by atoms with E-state index in [1.54, 1.807) is 24.3 Å². The van der Waals surface area contributed by atoms with Gasteiger partial charge in [0.1, 0.15) is 0 Å². The van der Waals surface area contributed by atoms with Crippen LogP contribution in [0.25, 0.3) is 6.08 Å². The van der Waals surface area contributed by atoms with E-state index in [1.165, 1.54) is 5.56 Å². The molecule has 0 saturated carbocycles. The molecule has 0 radical (unpaired) electrons. The summed E-state index contributed by atoms with van der Waals surface area (Å²) in [6.45, 7) is 10.4. The van der Waals surface area contributed by atoms with Gasteiger partial charge in [-0.1, -0.05) is 56.5 Å². The van der Waals surface area contributed by atoms with Gasteiger partial charge in [-0.3, -0.25) is 9.69 Å². The highest BCUT2D eigenvalue weighted by Gasteiger charge is 2.22. The van der Waals surface area contributed by atoms with Gasteiger partial charge < -0.3 is 24.6 Å². The third-order valence-corrected chi connectivity index (χ3v) is 6.57. The SMILES string of the molecule is CCCCOc1cc(C=CC(=O)N2CCN(CC(O)c3ccc(C)cc3)CC2)cc(OCCCC)c1O. The van der Waals surface area contributed by atoms with Gasteiger partial charge in [0, 0.05) is 38.8 Å². The number of aromatic hydroxyl groups is 1. The Hall–Kier alpha value is -3.03. The molecule has 1 fully saturated rings. The Labute approximate surface area is 221 Å². The molecular formula is C30H42N2O5. The van der Waals surface area contributed by atoms with Crippen LogP contribution in [0.5, 0.6) is 17.2 Å². The second-order valence-corrected chi connectivity index (χ2v) is 9.66. The van der Waals surface area contributed by atoms with Gasteiger partial charge in [-0.25, -0.2) is 0 Å². The smallest absolute Gasteiger partial charge is 0.246 e. The number of rotatable bonds is 13. The van der Waals surface area contributed by atoms with E-state index >= 15 is 0 Å². The van der Waals surface area contributed by atoms with E-state index in [0.29, 0.717) is 57.4 Å². The van der Waals surface area contributed by atoms with E-state index in [1.807, 2.05) is 36.1 Å². The minimum absolute atomic E-state index is 0.000343. The number of aryl methyl sites for hydroxylation is 1. The molecule has 2 aromatic rings. The number of ether oxygens (including phenoxy) is 2. The van der Waals surface area contributed by atoms with E-state index < -0.39 is 6.10 Å². The molecule has 0 aromatic heterocycles. The quantitative estimate of drug-likeness (QED) is 0.293. The molecule has 7 heteroatoms. The summed E-state index contributed by atoms with van der Waals surface area (Å²) in [5.74, 6) is 0.680. The third kappa shape index (κ3) is 8.79. The van der Waals surface area contributed by atoms with Crippen molar-refractivity contribution in [2.45, 2.75) is 52.6 Å². The summed E-state index contributed by atoms with van der Waals surface area (Å²) in [5, 5.41) is 21.2. The molecule has 0 aliphatic carbocycles. The number of piperazine rings is 1. The van der Waals surface area contributed by atoms with Crippen molar-refractivity contribution >= 4 is 12.0 Å². The second kappa shape index (κ2) is 14.6. The van der Waals surface area contributed by atoms with Crippen LogP contribution in [0.1, 0.15) is 62.3 Å². The van der Waals surface area contributed by atoms with Gasteiger partial charge in [0.25, 0.3) is 0 Å². The summed E-state index contributed by atoms with van der Waals surface area (Å²) in [4.78, 5) is 16.9. The predicted molar refractivity (Wildman–Crippen MR) is 147 cm³/mol. The molecular weight excluding hydrogens is 468 g/mol. The van der Waals surface area contributed by atoms with Crippen molar-refractivity contribution in [3.63, 3.8) is 0 Å². The van der Waals surface area contributed by atoms with Gasteiger partial charge in [0.2, 0.25) is 11.7 Å². The summed E-state index contributed by atoms with van der Waals surface area (Å²) in [7, 11) is 0. The normalized spacial score (nSPS) is 15.2. The monoisotopic (exact) mass is 510 g/mol. The van der Waals surface area contributed by atoms with Gasteiger partial charge in [0.05, 0.1) is 19.3 Å². The third-order valence-electron chi connectivity index (χ3n) is 6.57. The maximum atomic E-state index is 12.9. The minimum Gasteiger partial charge on any atom is -0.502 e. The van der Waals surface area contributed by atoms with Gasteiger partial charge in [0.15, 0.2) is 11.5 Å². The van der Waals surface area contributed by atoms with Crippen molar-refractivity contribution in [1.29, 1.82) is 0 Å². The van der Waals surface area contributed by atoms with Crippen LogP contribution in [0.4, 0.5) is 0 Å². The molecule has 1 aliphatic rings. The molecule has 7 nitrogen and oxygen atoms in total. The van der Waals surface area contributed by atoms with Gasteiger partial charge >= 0.3 is 0 Å². The Kier molecular flexibility index (Phi) is 11.3. The molecule has 3 rings (SSSR count). The lowest BCUT2D eigenvalue weighted by atomic mass is 10.1. The summed E-state index contributed by atoms with van der Waals surface area (Å²) in [6.07, 6.45) is 6.53. The number of β-amino-alcohol motifs (C(OH)–C–C–N with tert-alkyl or cyclic N) is 1. The van der Waals surface area contributed by atoms with Crippen LogP contribution in [0.3, 0.4) is 0 Å². The molecule has 0 bridgehead atoms. The number of aliphatic hydroxyl groups is 1. The van der Waals surface area contributed by atoms with Crippen molar-refractivity contribution in [3.05, 3.63) is 59.2 Å². The number of hydrogen-bond acceptors (Lipinski definition) is 6. The first-order valence-corrected chi connectivity index (χ1v) is 13.5. The molecule has 1 atom stereocenters. The van der Waals surface area contributed by atoms with Crippen molar-refractivity contribution in [2.75, 3.05) is 45.9 Å². The molecule has 2 aromatic carbocycles. The number of nitrogens with zero attached hydrogens (tertiary/aromatic N) is 2. The molecule has 202 valence electrons. The molecule has 37 heavy (non-hydrogen) atoms. The van der Waals surface area contributed by atoms with E-state index in [9.17, 15) is 15.0 Å². The average molecular weight is 511 g/mol. The molecule has 1 aliphatic heterocycles. The zero-order valence-corrected chi connectivity index (χ0v) is 22.5. The number of carbonyl (C=O) groups excluding carboxylic acids is 1. The lowest BCUT2D eigenvalue weighted by Crippen LogP contribution is -2.49. The summed E-state index contributed by atoms with van der Waals surface area (Å²) in [6, 6.07) is 11.4. The fraction of sp³-hybridized carbons (Fsp3) is 0.500. The van der Waals surface area contributed by atoms with Crippen LogP contribution < -0.4 is 9.47 Å². The first kappa shape index (κ1) is 28.5. The second-order valence-electron chi connectivity index (χ2n) is 9.66. The fourth-order valence-corrected chi connectivity index (χ4v) is 4.13. The number of hydrogen-bond donors (Lipinski definition) is 2. The molecule has 2 N–H and O–H groups in total. The first-order chi connectivity index (χ1) is 17.9. The van der Waals surface area contributed by atoms with Gasteiger partial charge in [-0.15, -0.1) is 0 Å². The Bertz CT molecular complexity index is 982. The number of phenolic OH excluding ortho intramolecular Hbond substituents is 1. The highest BCUT2D eigenvalue weighted by Crippen LogP contribution is 2.38. The van der Waals surface area contributed by atoms with Crippen LogP contribution in [-0.2, 0) is 4.79 Å². The van der Waals surface area contributed by atoms with Crippen molar-refractivity contribution < 1.29 is 24.5 Å². The molecule has 1 amide bonds. The topological polar surface area (TPSA) is 82.5 Å². The predicted octanol–water partition coefficient (Wildman–Crippen LogP) is 4.95. The lowest BCUT2D eigenvalue weighted by Gasteiger charge is -2.35. The highest BCUT2D eigenvalue weighted by atomic mass is 16.5. The van der Waals surface area contributed by atoms with E-state index in [4.69, 9.17) is 9.47 Å². The van der Waals surface area contributed by atoms with Crippen molar-refractivity contribution in [1.82, 2.24) is 9.80 Å². The number of amides is 1. The van der Waals surface area contributed by atoms with E-state index in [0.717, 1.165) is 36.8 Å². The lowest BCUT2D eigenvalue weighted by molar-refractivity contribution is -0.127. The molecule has 1 heterocycles. The van der Waals surface area contributed by atoms with Crippen molar-refractivity contribution in [2.24, 2.45) is 0 Å². The van der Waals surface area contributed by atoms with Crippen LogP contribution in [0, 0.1) is 6.92 Å². The average Bonchev–Trinajstić information content (AvgIpc) is 2.90. The number of unbranched alkanes of at least 4 members (excludes halogenated alkanes) is 2. The fourth-order valence-electron chi connectivity index (χ4n) is 4.13. The van der Waals surface area contributed by atoms with Gasteiger partial charge in [-0.2, -0.15) is 0 Å². The zero-order chi connectivity index (χ0) is 26.6. The Morgan fingerprint density at radius 1 is 0.973 bits per heavy atom. The maximum Gasteiger partial charge on any atom is 0.246 e. The standard InChI is InChI=1S/C30H42N2O5/c1-4-6-18-36-27-20-24(21-28(30(27)35)37-19-7-5-2)10-13-29(34)32-16-14-31(15-17-32)22-26(33)25-11-8-23(3)9-12-25/h8-13,20-21,26,33,35H,4-7,14-19,22H2,1-3H3. The Balaban J connectivity index is 1.57. The summed E-state index contributed by atoms with van der Waals surface area (Å²) in [5.41, 5.74) is 2.82. The largest absolute Gasteiger partial charge is 0.502 e. The number of carbonyl (C=O) groups is 1. The summed E-state index contributed by atoms with van der Waals surface area (Å²) >= 11 is 0. The molecule has 1 unspecified atom stereocenters. The number of benzene rings is 2. The minimum atomic E-state index is -0.542. The first-order valence-electron chi connectivity index (χ1n) is 13.5. The van der Waals surface area contributed by atoms with Crippen LogP contribution in [-0.4, -0.2) is 71.9 Å². The zero-order valence-electron chi connectivity index (χ0n) is 22.5.